The summed E-state index contributed by atoms with van der Waals surface area (Å²) in [5, 5.41) is 0. The molecule has 2 rings (SSSR count). The normalized spacial score (nSPS) is 12.2. The fourth-order valence-corrected chi connectivity index (χ4v) is 3.47. The standard InChI is InChI=1S/C17H19BrN2O2S/c1-3-20(4-2)17(14-8-6-5-7-9-14)19-23(21,22)16-12-10-15(18)11-13-16/h5-13H,3-4H2,1-2H3/b19-17+. The number of hydrogen-bond acceptors (Lipinski definition) is 2. The third-order valence-corrected chi connectivity index (χ3v) is 5.22. The first-order chi connectivity index (χ1) is 11.0. The van der Waals surface area contributed by atoms with Gasteiger partial charge in [0.05, 0.1) is 4.90 Å². The van der Waals surface area contributed by atoms with E-state index in [4.69, 9.17) is 0 Å². The number of sulfonamides is 1. The fraction of sp³-hybridized carbons (Fsp3) is 0.235. The van der Waals surface area contributed by atoms with Crippen LogP contribution in [0.2, 0.25) is 0 Å². The van der Waals surface area contributed by atoms with Gasteiger partial charge in [-0.3, -0.25) is 0 Å². The van der Waals surface area contributed by atoms with Crippen molar-refractivity contribution in [3.8, 4) is 0 Å². The Morgan fingerprint density at radius 1 is 1.00 bits per heavy atom. The van der Waals surface area contributed by atoms with Crippen LogP contribution in [0.1, 0.15) is 19.4 Å². The molecule has 6 heteroatoms. The van der Waals surface area contributed by atoms with Gasteiger partial charge in [-0.1, -0.05) is 46.3 Å². The highest BCUT2D eigenvalue weighted by atomic mass is 79.9. The lowest BCUT2D eigenvalue weighted by molar-refractivity contribution is 0.467. The molecule has 0 unspecified atom stereocenters. The number of rotatable bonds is 5. The molecule has 23 heavy (non-hydrogen) atoms. The maximum atomic E-state index is 12.6. The summed E-state index contributed by atoms with van der Waals surface area (Å²) >= 11 is 3.31. The molecule has 0 aliphatic carbocycles. The quantitative estimate of drug-likeness (QED) is 0.570. The third-order valence-electron chi connectivity index (χ3n) is 3.41. The Balaban J connectivity index is 2.53. The van der Waals surface area contributed by atoms with Crippen LogP contribution >= 0.6 is 15.9 Å². The summed E-state index contributed by atoms with van der Waals surface area (Å²) in [5.74, 6) is 0.471. The average molecular weight is 395 g/mol. The Labute approximate surface area is 146 Å². The fourth-order valence-electron chi connectivity index (χ4n) is 2.18. The van der Waals surface area contributed by atoms with Gasteiger partial charge in [-0.15, -0.1) is 4.40 Å². The molecule has 122 valence electrons. The number of halogens is 1. The van der Waals surface area contributed by atoms with E-state index in [9.17, 15) is 8.42 Å². The minimum Gasteiger partial charge on any atom is -0.356 e. The minimum absolute atomic E-state index is 0.182. The topological polar surface area (TPSA) is 49.7 Å². The predicted molar refractivity (Wildman–Crippen MR) is 97.2 cm³/mol. The first-order valence-electron chi connectivity index (χ1n) is 7.38. The van der Waals surface area contributed by atoms with Crippen molar-refractivity contribution in [2.24, 2.45) is 4.40 Å². The Morgan fingerprint density at radius 3 is 2.09 bits per heavy atom. The smallest absolute Gasteiger partial charge is 0.284 e. The van der Waals surface area contributed by atoms with Gasteiger partial charge in [0.2, 0.25) is 0 Å². The number of hydrogen-bond donors (Lipinski definition) is 0. The van der Waals surface area contributed by atoms with Crippen molar-refractivity contribution >= 4 is 31.8 Å². The van der Waals surface area contributed by atoms with E-state index >= 15 is 0 Å². The molecular formula is C17H19BrN2O2S. The second-order valence-corrected chi connectivity index (χ2v) is 7.40. The monoisotopic (exact) mass is 394 g/mol. The first-order valence-corrected chi connectivity index (χ1v) is 9.62. The molecule has 0 radical (unpaired) electrons. The molecule has 4 nitrogen and oxygen atoms in total. The molecule has 0 fully saturated rings. The van der Waals surface area contributed by atoms with Crippen molar-refractivity contribution < 1.29 is 8.42 Å². The summed E-state index contributed by atoms with van der Waals surface area (Å²) in [5.41, 5.74) is 0.789. The first kappa shape index (κ1) is 17.7. The van der Waals surface area contributed by atoms with E-state index in [1.807, 2.05) is 49.1 Å². The summed E-state index contributed by atoms with van der Waals surface area (Å²) in [6.07, 6.45) is 0. The van der Waals surface area contributed by atoms with Gasteiger partial charge in [-0.2, -0.15) is 8.42 Å². The lowest BCUT2D eigenvalue weighted by Crippen LogP contribution is -2.32. The molecule has 0 aliphatic rings. The van der Waals surface area contributed by atoms with E-state index in [1.54, 1.807) is 24.3 Å². The van der Waals surface area contributed by atoms with Crippen LogP contribution in [0, 0.1) is 0 Å². The SMILES string of the molecule is CCN(CC)/C(=N/S(=O)(=O)c1ccc(Br)cc1)c1ccccc1. The molecule has 0 aliphatic heterocycles. The summed E-state index contributed by atoms with van der Waals surface area (Å²) in [6, 6.07) is 15.9. The van der Waals surface area contributed by atoms with Crippen LogP contribution in [0.4, 0.5) is 0 Å². The van der Waals surface area contributed by atoms with Crippen LogP contribution in [0.25, 0.3) is 0 Å². The van der Waals surface area contributed by atoms with Crippen LogP contribution in [0.5, 0.6) is 0 Å². The second-order valence-electron chi connectivity index (χ2n) is 4.88. The maximum Gasteiger partial charge on any atom is 0.284 e. The van der Waals surface area contributed by atoms with Crippen molar-refractivity contribution in [2.45, 2.75) is 18.7 Å². The third kappa shape index (κ3) is 4.42. The van der Waals surface area contributed by atoms with Crippen molar-refractivity contribution in [3.05, 3.63) is 64.6 Å². The van der Waals surface area contributed by atoms with E-state index in [0.717, 1.165) is 10.0 Å². The molecule has 0 atom stereocenters. The average Bonchev–Trinajstić information content (AvgIpc) is 2.56. The molecule has 0 N–H and O–H groups in total. The van der Waals surface area contributed by atoms with Gasteiger partial charge in [-0.25, -0.2) is 0 Å². The largest absolute Gasteiger partial charge is 0.356 e. The summed E-state index contributed by atoms with van der Waals surface area (Å²) in [4.78, 5) is 2.12. The van der Waals surface area contributed by atoms with Crippen LogP contribution in [-0.2, 0) is 10.0 Å². The van der Waals surface area contributed by atoms with E-state index in [2.05, 4.69) is 20.3 Å². The number of nitrogens with zero attached hydrogens (tertiary/aromatic N) is 2. The highest BCUT2D eigenvalue weighted by Crippen LogP contribution is 2.18. The van der Waals surface area contributed by atoms with Crippen LogP contribution < -0.4 is 0 Å². The van der Waals surface area contributed by atoms with Gasteiger partial charge >= 0.3 is 0 Å². The summed E-state index contributed by atoms with van der Waals surface area (Å²) in [7, 11) is -3.76. The molecule has 0 amide bonds. The van der Waals surface area contributed by atoms with Crippen LogP contribution in [-0.4, -0.2) is 32.2 Å². The van der Waals surface area contributed by atoms with Gasteiger partial charge in [0, 0.05) is 23.1 Å². The van der Waals surface area contributed by atoms with Crippen molar-refractivity contribution in [3.63, 3.8) is 0 Å². The Bertz CT molecular complexity index is 768. The van der Waals surface area contributed by atoms with Gasteiger partial charge < -0.3 is 4.90 Å². The van der Waals surface area contributed by atoms with Gasteiger partial charge in [0.1, 0.15) is 5.84 Å². The number of benzene rings is 2. The van der Waals surface area contributed by atoms with Gasteiger partial charge in [0.25, 0.3) is 10.0 Å². The lowest BCUT2D eigenvalue weighted by Gasteiger charge is -2.23. The second kappa shape index (κ2) is 7.75. The van der Waals surface area contributed by atoms with E-state index in [0.29, 0.717) is 18.9 Å². The highest BCUT2D eigenvalue weighted by molar-refractivity contribution is 9.10. The highest BCUT2D eigenvalue weighted by Gasteiger charge is 2.18. The van der Waals surface area contributed by atoms with Crippen LogP contribution in [0.3, 0.4) is 0 Å². The van der Waals surface area contributed by atoms with E-state index in [1.165, 1.54) is 0 Å². The lowest BCUT2D eigenvalue weighted by atomic mass is 10.2. The zero-order chi connectivity index (χ0) is 16.9. The molecule has 0 bridgehead atoms. The van der Waals surface area contributed by atoms with Crippen LogP contribution in [0.15, 0.2) is 68.4 Å². The molecule has 0 aromatic heterocycles. The Kier molecular flexibility index (Phi) is 5.96. The molecule has 2 aromatic rings. The van der Waals surface area contributed by atoms with Crippen molar-refractivity contribution in [1.82, 2.24) is 4.90 Å². The minimum atomic E-state index is -3.76. The Morgan fingerprint density at radius 2 is 1.57 bits per heavy atom. The zero-order valence-electron chi connectivity index (χ0n) is 13.1. The van der Waals surface area contributed by atoms with E-state index in [-0.39, 0.29) is 4.90 Å². The molecule has 0 heterocycles. The molecule has 0 saturated carbocycles. The Hall–Kier alpha value is -1.66. The van der Waals surface area contributed by atoms with Gasteiger partial charge in [-0.05, 0) is 38.1 Å². The molecule has 0 spiro atoms. The molecular weight excluding hydrogens is 376 g/mol. The molecule has 0 saturated heterocycles. The van der Waals surface area contributed by atoms with Crippen molar-refractivity contribution in [1.29, 1.82) is 0 Å². The zero-order valence-corrected chi connectivity index (χ0v) is 15.5. The predicted octanol–water partition coefficient (Wildman–Crippen LogP) is 3.93. The number of amidine groups is 1. The van der Waals surface area contributed by atoms with Crippen molar-refractivity contribution in [2.75, 3.05) is 13.1 Å². The maximum absolute atomic E-state index is 12.6. The van der Waals surface area contributed by atoms with Gasteiger partial charge in [0.15, 0.2) is 0 Å². The summed E-state index contributed by atoms with van der Waals surface area (Å²) < 4.78 is 30.2. The van der Waals surface area contributed by atoms with E-state index < -0.39 is 10.0 Å². The summed E-state index contributed by atoms with van der Waals surface area (Å²) in [6.45, 7) is 5.32. The molecule has 2 aromatic carbocycles.